The average Bonchev–Trinajstić information content (AvgIpc) is 2.85. The summed E-state index contributed by atoms with van der Waals surface area (Å²) in [6.07, 6.45) is 1.68. The quantitative estimate of drug-likeness (QED) is 0.758. The average molecular weight is 352 g/mol. The van der Waals surface area contributed by atoms with Crippen molar-refractivity contribution in [2.24, 2.45) is 0 Å². The van der Waals surface area contributed by atoms with Crippen LogP contribution in [-0.2, 0) is 32.3 Å². The van der Waals surface area contributed by atoms with Crippen molar-refractivity contribution in [2.75, 3.05) is 16.8 Å². The smallest absolute Gasteiger partial charge is 0.233 e. The maximum Gasteiger partial charge on any atom is 0.233 e. The van der Waals surface area contributed by atoms with Gasteiger partial charge in [0.1, 0.15) is 6.42 Å². The normalized spacial score (nSPS) is 19.0. The van der Waals surface area contributed by atoms with Crippen LogP contribution in [-0.4, -0.2) is 37.8 Å². The summed E-state index contributed by atoms with van der Waals surface area (Å²) >= 11 is 0. The predicted octanol–water partition coefficient (Wildman–Crippen LogP) is 1.44. The lowest BCUT2D eigenvalue weighted by Crippen LogP contribution is -2.37. The lowest BCUT2D eigenvalue weighted by Gasteiger charge is -2.15. The van der Waals surface area contributed by atoms with Crippen LogP contribution >= 0.6 is 0 Å². The molecular weight excluding hydrogens is 328 g/mol. The molecule has 2 amide bonds. The summed E-state index contributed by atoms with van der Waals surface area (Å²) in [4.78, 5) is 24.1. The second-order valence-corrected chi connectivity index (χ2v) is 8.28. The third-order valence-electron chi connectivity index (χ3n) is 4.18. The third kappa shape index (κ3) is 4.80. The van der Waals surface area contributed by atoms with Gasteiger partial charge in [0.15, 0.2) is 9.84 Å². The van der Waals surface area contributed by atoms with E-state index in [1.165, 1.54) is 0 Å². The van der Waals surface area contributed by atoms with Crippen molar-refractivity contribution in [1.29, 1.82) is 0 Å². The Morgan fingerprint density at radius 2 is 1.75 bits per heavy atom. The van der Waals surface area contributed by atoms with Gasteiger partial charge in [-0.15, -0.1) is 0 Å². The lowest BCUT2D eigenvalue weighted by molar-refractivity contribution is -0.127. The van der Waals surface area contributed by atoms with E-state index in [9.17, 15) is 18.0 Å². The van der Waals surface area contributed by atoms with E-state index in [1.807, 2.05) is 32.0 Å². The molecule has 1 unspecified atom stereocenters. The fourth-order valence-electron chi connectivity index (χ4n) is 2.92. The van der Waals surface area contributed by atoms with Crippen molar-refractivity contribution in [1.82, 2.24) is 5.32 Å². The number of aryl methyl sites for hydroxylation is 2. The summed E-state index contributed by atoms with van der Waals surface area (Å²) in [6.45, 7) is 4.02. The molecule has 0 bridgehead atoms. The van der Waals surface area contributed by atoms with Crippen LogP contribution in [0, 0.1) is 0 Å². The van der Waals surface area contributed by atoms with E-state index in [0.29, 0.717) is 6.42 Å². The highest BCUT2D eigenvalue weighted by Crippen LogP contribution is 2.22. The fraction of sp³-hybridized carbons (Fsp3) is 0.529. The number of benzene rings is 1. The van der Waals surface area contributed by atoms with Crippen LogP contribution in [0.2, 0.25) is 0 Å². The number of hydrogen-bond acceptors (Lipinski definition) is 4. The number of carbonyl (C=O) groups is 2. The van der Waals surface area contributed by atoms with Crippen molar-refractivity contribution in [3.8, 4) is 0 Å². The second kappa shape index (κ2) is 7.79. The van der Waals surface area contributed by atoms with Crippen LogP contribution in [0.15, 0.2) is 18.2 Å². The van der Waals surface area contributed by atoms with E-state index >= 15 is 0 Å². The van der Waals surface area contributed by atoms with Gasteiger partial charge in [-0.1, -0.05) is 32.0 Å². The molecule has 1 saturated heterocycles. The standard InChI is InChI=1S/C17H24N2O4S/c1-3-12-6-5-7-13(4-2)17(12)19-16(21)10-15(20)18-14-8-9-24(22,23)11-14/h5-7,14H,3-4,8-11H2,1-2H3,(H,18,20)(H,19,21). The Hall–Kier alpha value is -1.89. The zero-order chi connectivity index (χ0) is 17.7. The first-order chi connectivity index (χ1) is 11.3. The van der Waals surface area contributed by atoms with Crippen molar-refractivity contribution < 1.29 is 18.0 Å². The zero-order valence-electron chi connectivity index (χ0n) is 14.1. The molecule has 1 aliphatic heterocycles. The second-order valence-electron chi connectivity index (χ2n) is 6.05. The van der Waals surface area contributed by atoms with Crippen LogP contribution in [0.1, 0.15) is 37.8 Å². The summed E-state index contributed by atoms with van der Waals surface area (Å²) in [5.74, 6) is -0.780. The van der Waals surface area contributed by atoms with Gasteiger partial charge in [-0.05, 0) is 30.4 Å². The summed E-state index contributed by atoms with van der Waals surface area (Å²) in [5, 5.41) is 5.46. The highest BCUT2D eigenvalue weighted by Gasteiger charge is 2.29. The van der Waals surface area contributed by atoms with E-state index in [2.05, 4.69) is 10.6 Å². The van der Waals surface area contributed by atoms with Crippen LogP contribution in [0.5, 0.6) is 0 Å². The van der Waals surface area contributed by atoms with E-state index in [4.69, 9.17) is 0 Å². The Balaban J connectivity index is 1.95. The molecule has 132 valence electrons. The molecule has 0 spiro atoms. The van der Waals surface area contributed by atoms with Crippen LogP contribution in [0.3, 0.4) is 0 Å². The largest absolute Gasteiger partial charge is 0.352 e. The summed E-state index contributed by atoms with van der Waals surface area (Å²) < 4.78 is 22.8. The molecule has 1 aromatic carbocycles. The first-order valence-electron chi connectivity index (χ1n) is 8.25. The number of nitrogens with one attached hydrogen (secondary N) is 2. The number of amides is 2. The van der Waals surface area contributed by atoms with Crippen molar-refractivity contribution in [2.45, 2.75) is 45.6 Å². The molecular formula is C17H24N2O4S. The number of anilines is 1. The molecule has 0 radical (unpaired) electrons. The number of carbonyl (C=O) groups excluding carboxylic acids is 2. The first-order valence-corrected chi connectivity index (χ1v) is 10.1. The number of sulfone groups is 1. The molecule has 0 aromatic heterocycles. The minimum atomic E-state index is -3.05. The Kier molecular flexibility index (Phi) is 5.99. The van der Waals surface area contributed by atoms with Crippen LogP contribution in [0.25, 0.3) is 0 Å². The van der Waals surface area contributed by atoms with E-state index in [0.717, 1.165) is 29.7 Å². The fourth-order valence-corrected chi connectivity index (χ4v) is 4.59. The summed E-state index contributed by atoms with van der Waals surface area (Å²) in [7, 11) is -3.05. The van der Waals surface area contributed by atoms with E-state index in [1.54, 1.807) is 0 Å². The Morgan fingerprint density at radius 1 is 1.12 bits per heavy atom. The highest BCUT2D eigenvalue weighted by atomic mass is 32.2. The SMILES string of the molecule is CCc1cccc(CC)c1NC(=O)CC(=O)NC1CCS(=O)(=O)C1. The monoisotopic (exact) mass is 352 g/mol. The number of rotatable bonds is 6. The molecule has 1 heterocycles. The molecule has 24 heavy (non-hydrogen) atoms. The minimum Gasteiger partial charge on any atom is -0.352 e. The van der Waals surface area contributed by atoms with Gasteiger partial charge in [0.05, 0.1) is 11.5 Å². The predicted molar refractivity (Wildman–Crippen MR) is 93.6 cm³/mol. The first kappa shape index (κ1) is 18.4. The summed E-state index contributed by atoms with van der Waals surface area (Å²) in [6, 6.07) is 5.49. The molecule has 1 fully saturated rings. The Labute approximate surface area is 142 Å². The third-order valence-corrected chi connectivity index (χ3v) is 5.95. The zero-order valence-corrected chi connectivity index (χ0v) is 14.9. The summed E-state index contributed by atoms with van der Waals surface area (Å²) in [5.41, 5.74) is 2.85. The number of hydrogen-bond donors (Lipinski definition) is 2. The molecule has 1 aromatic rings. The van der Waals surface area contributed by atoms with E-state index < -0.39 is 15.7 Å². The molecule has 7 heteroatoms. The molecule has 6 nitrogen and oxygen atoms in total. The molecule has 2 N–H and O–H groups in total. The van der Waals surface area contributed by atoms with Gasteiger partial charge in [-0.25, -0.2) is 8.42 Å². The van der Waals surface area contributed by atoms with Gasteiger partial charge in [-0.2, -0.15) is 0 Å². The van der Waals surface area contributed by atoms with Crippen LogP contribution < -0.4 is 10.6 Å². The molecule has 0 saturated carbocycles. The molecule has 1 atom stereocenters. The molecule has 0 aliphatic carbocycles. The Morgan fingerprint density at radius 3 is 2.25 bits per heavy atom. The maximum atomic E-state index is 12.2. The topological polar surface area (TPSA) is 92.3 Å². The van der Waals surface area contributed by atoms with Crippen molar-refractivity contribution in [3.63, 3.8) is 0 Å². The van der Waals surface area contributed by atoms with Gasteiger partial charge < -0.3 is 10.6 Å². The van der Waals surface area contributed by atoms with Gasteiger partial charge in [-0.3, -0.25) is 9.59 Å². The van der Waals surface area contributed by atoms with Crippen molar-refractivity contribution in [3.05, 3.63) is 29.3 Å². The molecule has 1 aliphatic rings. The molecule has 2 rings (SSSR count). The van der Waals surface area contributed by atoms with Gasteiger partial charge >= 0.3 is 0 Å². The Bertz CT molecular complexity index is 706. The lowest BCUT2D eigenvalue weighted by atomic mass is 10.0. The van der Waals surface area contributed by atoms with Gasteiger partial charge in [0.25, 0.3) is 0 Å². The van der Waals surface area contributed by atoms with Crippen LogP contribution in [0.4, 0.5) is 5.69 Å². The maximum absolute atomic E-state index is 12.2. The highest BCUT2D eigenvalue weighted by molar-refractivity contribution is 7.91. The van der Waals surface area contributed by atoms with E-state index in [-0.39, 0.29) is 29.9 Å². The van der Waals surface area contributed by atoms with Gasteiger partial charge in [0.2, 0.25) is 11.8 Å². The van der Waals surface area contributed by atoms with Crippen molar-refractivity contribution >= 4 is 27.3 Å². The number of para-hydroxylation sites is 1. The van der Waals surface area contributed by atoms with Gasteiger partial charge in [0, 0.05) is 11.7 Å². The minimum absolute atomic E-state index is 0.0426.